The number of ether oxygens (including phenoxy) is 1. The molecule has 0 saturated carbocycles. The van der Waals surface area contributed by atoms with Crippen LogP contribution in [0.2, 0.25) is 0 Å². The van der Waals surface area contributed by atoms with Crippen LogP contribution in [0.4, 0.5) is 0 Å². The normalized spacial score (nSPS) is 11.5. The van der Waals surface area contributed by atoms with E-state index in [1.165, 1.54) is 38.5 Å². The van der Waals surface area contributed by atoms with Crippen molar-refractivity contribution in [2.24, 2.45) is 0 Å². The Morgan fingerprint density at radius 1 is 0.711 bits per heavy atom. The summed E-state index contributed by atoms with van der Waals surface area (Å²) in [6.07, 6.45) is 10.9. The van der Waals surface area contributed by atoms with Crippen LogP contribution in [0, 0.1) is 0 Å². The van der Waals surface area contributed by atoms with Crippen LogP contribution in [0.5, 0.6) is 0 Å². The summed E-state index contributed by atoms with van der Waals surface area (Å²) in [6, 6.07) is 18.0. The van der Waals surface area contributed by atoms with Gasteiger partial charge in [-0.3, -0.25) is 19.2 Å². The zero-order valence-corrected chi connectivity index (χ0v) is 22.8. The monoisotopic (exact) mass is 524 g/mol. The highest BCUT2D eigenvalue weighted by Gasteiger charge is 2.22. The Labute approximate surface area is 227 Å². The van der Waals surface area contributed by atoms with Crippen LogP contribution in [-0.2, 0) is 37.2 Å². The minimum absolute atomic E-state index is 0.00190. The topological polar surface area (TPSA) is 93.7 Å². The van der Waals surface area contributed by atoms with Crippen molar-refractivity contribution >= 4 is 17.8 Å². The summed E-state index contributed by atoms with van der Waals surface area (Å²) in [5, 5.41) is 2.78. The number of carbonyl (C=O) groups excluding carboxylic acids is 3. The molecule has 0 bridgehead atoms. The Hall–Kier alpha value is -3.19. The van der Waals surface area contributed by atoms with Gasteiger partial charge < -0.3 is 10.1 Å². The molecule has 2 aromatic rings. The zero-order chi connectivity index (χ0) is 27.3. The fourth-order valence-corrected chi connectivity index (χ4v) is 4.04. The third-order valence-electron chi connectivity index (χ3n) is 6.29. The van der Waals surface area contributed by atoms with E-state index in [0.29, 0.717) is 6.42 Å². The van der Waals surface area contributed by atoms with E-state index in [-0.39, 0.29) is 32.0 Å². The lowest BCUT2D eigenvalue weighted by molar-refractivity contribution is -0.146. The maximum atomic E-state index is 12.8. The van der Waals surface area contributed by atoms with Crippen molar-refractivity contribution in [1.82, 2.24) is 10.8 Å². The van der Waals surface area contributed by atoms with E-state index in [2.05, 4.69) is 17.7 Å². The van der Waals surface area contributed by atoms with Crippen LogP contribution < -0.4 is 10.8 Å². The van der Waals surface area contributed by atoms with Crippen molar-refractivity contribution in [1.29, 1.82) is 0 Å². The summed E-state index contributed by atoms with van der Waals surface area (Å²) >= 11 is 0. The molecule has 0 aliphatic carbocycles. The average Bonchev–Trinajstić information content (AvgIpc) is 2.94. The van der Waals surface area contributed by atoms with Gasteiger partial charge in [-0.15, -0.1) is 0 Å². The second-order valence-electron chi connectivity index (χ2n) is 9.62. The van der Waals surface area contributed by atoms with Gasteiger partial charge in [0.15, 0.2) is 0 Å². The van der Waals surface area contributed by atoms with Gasteiger partial charge in [0.05, 0.1) is 6.61 Å². The molecule has 0 radical (unpaired) electrons. The molecule has 2 amide bonds. The molecule has 208 valence electrons. The average molecular weight is 525 g/mol. The summed E-state index contributed by atoms with van der Waals surface area (Å²) in [5.74, 6) is -1.11. The number of hydrogen-bond acceptors (Lipinski definition) is 5. The molecule has 2 rings (SSSR count). The first-order valence-electron chi connectivity index (χ1n) is 14.0. The van der Waals surface area contributed by atoms with Crippen LogP contribution in [0.15, 0.2) is 60.7 Å². The highest BCUT2D eigenvalue weighted by Crippen LogP contribution is 2.11. The molecule has 7 heteroatoms. The number of hydroxylamine groups is 1. The Bertz CT molecular complexity index is 920. The van der Waals surface area contributed by atoms with Gasteiger partial charge in [0.1, 0.15) is 12.6 Å². The van der Waals surface area contributed by atoms with Gasteiger partial charge in [0.25, 0.3) is 5.91 Å². The molecule has 38 heavy (non-hydrogen) atoms. The van der Waals surface area contributed by atoms with Crippen molar-refractivity contribution in [3.63, 3.8) is 0 Å². The van der Waals surface area contributed by atoms with E-state index < -0.39 is 17.9 Å². The highest BCUT2D eigenvalue weighted by atomic mass is 16.6. The van der Waals surface area contributed by atoms with Gasteiger partial charge in [-0.05, 0) is 24.0 Å². The van der Waals surface area contributed by atoms with Crippen molar-refractivity contribution in [3.8, 4) is 0 Å². The van der Waals surface area contributed by atoms with Gasteiger partial charge in [0.2, 0.25) is 5.91 Å². The molecule has 0 fully saturated rings. The maximum Gasteiger partial charge on any atom is 0.306 e. The number of carbonyl (C=O) groups is 3. The Morgan fingerprint density at radius 3 is 1.87 bits per heavy atom. The first kappa shape index (κ1) is 31.0. The molecule has 0 aromatic heterocycles. The summed E-state index contributed by atoms with van der Waals surface area (Å²) in [6.45, 7) is 2.58. The second kappa shape index (κ2) is 19.9. The van der Waals surface area contributed by atoms with Crippen LogP contribution in [0.3, 0.4) is 0 Å². The molecule has 0 saturated heterocycles. The summed E-state index contributed by atoms with van der Waals surface area (Å²) in [4.78, 5) is 43.0. The van der Waals surface area contributed by atoms with E-state index >= 15 is 0 Å². The maximum absolute atomic E-state index is 12.8. The van der Waals surface area contributed by atoms with Gasteiger partial charge in [0, 0.05) is 12.8 Å². The predicted molar refractivity (Wildman–Crippen MR) is 149 cm³/mol. The molecular formula is C31H44N2O5. The number of esters is 1. The van der Waals surface area contributed by atoms with Crippen molar-refractivity contribution in [2.75, 3.05) is 0 Å². The Balaban J connectivity index is 1.75. The minimum Gasteiger partial charge on any atom is -0.461 e. The Morgan fingerprint density at radius 2 is 1.26 bits per heavy atom. The second-order valence-corrected chi connectivity index (χ2v) is 9.62. The molecule has 0 aliphatic heterocycles. The van der Waals surface area contributed by atoms with E-state index in [1.54, 1.807) is 0 Å². The summed E-state index contributed by atoms with van der Waals surface area (Å²) in [5.41, 5.74) is 4.21. The lowest BCUT2D eigenvalue weighted by Crippen LogP contribution is -2.46. The summed E-state index contributed by atoms with van der Waals surface area (Å²) in [7, 11) is 0. The van der Waals surface area contributed by atoms with E-state index in [0.717, 1.165) is 30.4 Å². The fourth-order valence-electron chi connectivity index (χ4n) is 4.04. The van der Waals surface area contributed by atoms with Gasteiger partial charge in [-0.2, -0.15) is 0 Å². The number of benzene rings is 2. The Kier molecular flexibility index (Phi) is 16.2. The molecular weight excluding hydrogens is 480 g/mol. The SMILES string of the molecule is CCCCCCCCCCCC(=O)N[C@H](CCC(=O)OCc1ccccc1)C(=O)NOCc1ccccc1. The first-order valence-corrected chi connectivity index (χ1v) is 14.0. The van der Waals surface area contributed by atoms with Gasteiger partial charge in [-0.1, -0.05) is 119 Å². The smallest absolute Gasteiger partial charge is 0.306 e. The van der Waals surface area contributed by atoms with Crippen molar-refractivity contribution in [3.05, 3.63) is 71.8 Å². The molecule has 2 N–H and O–H groups in total. The molecule has 0 aliphatic rings. The van der Waals surface area contributed by atoms with Crippen molar-refractivity contribution < 1.29 is 24.0 Å². The highest BCUT2D eigenvalue weighted by molar-refractivity contribution is 5.87. The number of nitrogens with one attached hydrogen (secondary N) is 2. The number of unbranched alkanes of at least 4 members (excludes halogenated alkanes) is 8. The molecule has 2 aromatic carbocycles. The first-order chi connectivity index (χ1) is 18.6. The zero-order valence-electron chi connectivity index (χ0n) is 22.8. The van der Waals surface area contributed by atoms with Crippen molar-refractivity contribution in [2.45, 2.75) is 103 Å². The molecule has 1 atom stereocenters. The fraction of sp³-hybridized carbons (Fsp3) is 0.516. The van der Waals surface area contributed by atoms with E-state index in [4.69, 9.17) is 9.57 Å². The number of rotatable bonds is 20. The van der Waals surface area contributed by atoms with Gasteiger partial charge in [-0.25, -0.2) is 5.48 Å². The number of hydrogen-bond donors (Lipinski definition) is 2. The van der Waals surface area contributed by atoms with Gasteiger partial charge >= 0.3 is 5.97 Å². The number of amides is 2. The van der Waals surface area contributed by atoms with Crippen LogP contribution in [-0.4, -0.2) is 23.8 Å². The third kappa shape index (κ3) is 14.5. The van der Waals surface area contributed by atoms with Crippen LogP contribution in [0.1, 0.15) is 95.1 Å². The molecule has 0 heterocycles. The molecule has 0 unspecified atom stereocenters. The minimum atomic E-state index is -0.888. The lowest BCUT2D eigenvalue weighted by atomic mass is 10.1. The molecule has 7 nitrogen and oxygen atoms in total. The van der Waals surface area contributed by atoms with Crippen LogP contribution in [0.25, 0.3) is 0 Å². The molecule has 0 spiro atoms. The van der Waals surface area contributed by atoms with E-state index in [1.807, 2.05) is 60.7 Å². The summed E-state index contributed by atoms with van der Waals surface area (Å²) < 4.78 is 5.32. The van der Waals surface area contributed by atoms with Crippen LogP contribution >= 0.6 is 0 Å². The largest absolute Gasteiger partial charge is 0.461 e. The predicted octanol–water partition coefficient (Wildman–Crippen LogP) is 6.16. The third-order valence-corrected chi connectivity index (χ3v) is 6.29. The standard InChI is InChI=1S/C31H44N2O5/c1-2-3-4-5-6-7-8-9-16-21-29(34)32-28(31(36)33-38-25-27-19-14-11-15-20-27)22-23-30(35)37-24-26-17-12-10-13-18-26/h10-15,17-20,28H,2-9,16,21-25H2,1H3,(H,32,34)(H,33,36)/t28-/m1/s1. The quantitative estimate of drug-likeness (QED) is 0.123. The van der Waals surface area contributed by atoms with E-state index in [9.17, 15) is 14.4 Å². The lowest BCUT2D eigenvalue weighted by Gasteiger charge is -2.18.